The van der Waals surface area contributed by atoms with Gasteiger partial charge in [-0.15, -0.1) is 0 Å². The first-order chi connectivity index (χ1) is 7.54. The third kappa shape index (κ3) is 5.71. The van der Waals surface area contributed by atoms with E-state index in [4.69, 9.17) is 0 Å². The second-order valence-electron chi connectivity index (χ2n) is 3.01. The van der Waals surface area contributed by atoms with Crippen molar-refractivity contribution < 1.29 is 31.8 Å². The van der Waals surface area contributed by atoms with Crippen molar-refractivity contribution in [2.24, 2.45) is 0 Å². The summed E-state index contributed by atoms with van der Waals surface area (Å²) in [4.78, 5) is -0.279. The van der Waals surface area contributed by atoms with E-state index in [1.165, 1.54) is 24.3 Å². The van der Waals surface area contributed by atoms with Crippen molar-refractivity contribution in [3.8, 4) is 0 Å². The first kappa shape index (κ1) is 15.9. The van der Waals surface area contributed by atoms with Gasteiger partial charge < -0.3 is 4.55 Å². The van der Waals surface area contributed by atoms with E-state index in [1.807, 2.05) is 6.07 Å². The predicted molar refractivity (Wildman–Crippen MR) is 63.5 cm³/mol. The van der Waals surface area contributed by atoms with Gasteiger partial charge >= 0.3 is 18.9 Å². The molecule has 0 N–H and O–H groups in total. The molecule has 0 aliphatic rings. The zero-order valence-corrected chi connectivity index (χ0v) is 10.4. The second kappa shape index (κ2) is 7.31. The summed E-state index contributed by atoms with van der Waals surface area (Å²) in [5.74, 6) is 0. The van der Waals surface area contributed by atoms with Crippen LogP contribution in [0, 0.1) is 0 Å². The molecule has 1 aromatic carbocycles. The SMILES string of the molecule is C=CC=CC(=Cc1ccccc1)S(=O)(=O)[O-].[Li+]. The van der Waals surface area contributed by atoms with Gasteiger partial charge in [-0.25, -0.2) is 8.42 Å². The van der Waals surface area contributed by atoms with Gasteiger partial charge in [0.25, 0.3) is 0 Å². The molecule has 0 fully saturated rings. The standard InChI is InChI=1S/C12H12O3S.Li/c1-2-3-9-12(16(13,14)15)10-11-7-5-4-6-8-11;/h2-10H,1H2,(H,13,14,15);/q;+1/p-1. The Balaban J connectivity index is 0.00000256. The molecular weight excluding hydrogens is 231 g/mol. The number of rotatable bonds is 4. The van der Waals surface area contributed by atoms with Gasteiger partial charge in [0, 0.05) is 0 Å². The van der Waals surface area contributed by atoms with Crippen LogP contribution in [0.3, 0.4) is 0 Å². The summed E-state index contributed by atoms with van der Waals surface area (Å²) >= 11 is 0. The maximum absolute atomic E-state index is 10.9. The third-order valence-electron chi connectivity index (χ3n) is 1.79. The quantitative estimate of drug-likeness (QED) is 0.399. The van der Waals surface area contributed by atoms with E-state index in [1.54, 1.807) is 24.3 Å². The molecule has 0 spiro atoms. The fourth-order valence-electron chi connectivity index (χ4n) is 1.08. The van der Waals surface area contributed by atoms with Crippen LogP contribution >= 0.6 is 0 Å². The zero-order valence-electron chi connectivity index (χ0n) is 9.54. The first-order valence-corrected chi connectivity index (χ1v) is 5.96. The van der Waals surface area contributed by atoms with Crippen LogP contribution in [-0.4, -0.2) is 13.0 Å². The van der Waals surface area contributed by atoms with Crippen LogP contribution in [0.1, 0.15) is 5.56 Å². The molecular formula is C12H11LiO3S. The van der Waals surface area contributed by atoms with Crippen molar-refractivity contribution in [3.63, 3.8) is 0 Å². The van der Waals surface area contributed by atoms with Crippen LogP contribution < -0.4 is 18.9 Å². The van der Waals surface area contributed by atoms with Gasteiger partial charge in [-0.05, 0) is 17.7 Å². The molecule has 0 saturated heterocycles. The molecule has 0 unspecified atom stereocenters. The molecule has 0 radical (unpaired) electrons. The Morgan fingerprint density at radius 2 is 1.82 bits per heavy atom. The topological polar surface area (TPSA) is 57.2 Å². The molecule has 5 heteroatoms. The molecule has 0 aliphatic carbocycles. The Hall–Kier alpha value is -1.05. The summed E-state index contributed by atoms with van der Waals surface area (Å²) in [5, 5.41) is 0. The molecule has 0 atom stereocenters. The molecule has 1 aromatic rings. The van der Waals surface area contributed by atoms with Crippen molar-refractivity contribution >= 4 is 16.2 Å². The maximum atomic E-state index is 10.9. The van der Waals surface area contributed by atoms with E-state index >= 15 is 0 Å². The van der Waals surface area contributed by atoms with Crippen molar-refractivity contribution in [1.82, 2.24) is 0 Å². The number of hydrogen-bond acceptors (Lipinski definition) is 3. The van der Waals surface area contributed by atoms with Crippen LogP contribution in [0.2, 0.25) is 0 Å². The summed E-state index contributed by atoms with van der Waals surface area (Å²) in [6.45, 7) is 3.41. The molecule has 17 heavy (non-hydrogen) atoms. The fourth-order valence-corrected chi connectivity index (χ4v) is 1.61. The van der Waals surface area contributed by atoms with E-state index in [0.29, 0.717) is 5.56 Å². The molecule has 84 valence electrons. The Morgan fingerprint density at radius 1 is 1.24 bits per heavy atom. The summed E-state index contributed by atoms with van der Waals surface area (Å²) in [6.07, 6.45) is 5.36. The van der Waals surface area contributed by atoms with Crippen molar-refractivity contribution in [1.29, 1.82) is 0 Å². The normalized spacial score (nSPS) is 12.2. The molecule has 0 saturated carbocycles. The minimum Gasteiger partial charge on any atom is -0.744 e. The van der Waals surface area contributed by atoms with E-state index < -0.39 is 10.1 Å². The monoisotopic (exact) mass is 242 g/mol. The van der Waals surface area contributed by atoms with Crippen molar-refractivity contribution in [2.75, 3.05) is 0 Å². The van der Waals surface area contributed by atoms with Crippen LogP contribution in [0.4, 0.5) is 0 Å². The average Bonchev–Trinajstić information content (AvgIpc) is 2.24. The maximum Gasteiger partial charge on any atom is 1.00 e. The van der Waals surface area contributed by atoms with Gasteiger partial charge in [-0.1, -0.05) is 49.1 Å². The molecule has 0 aliphatic heterocycles. The van der Waals surface area contributed by atoms with Gasteiger partial charge in [-0.3, -0.25) is 0 Å². The zero-order chi connectivity index (χ0) is 12.0. The van der Waals surface area contributed by atoms with Crippen LogP contribution in [0.5, 0.6) is 0 Å². The van der Waals surface area contributed by atoms with Crippen LogP contribution in [0.25, 0.3) is 6.08 Å². The van der Waals surface area contributed by atoms with Gasteiger partial charge in [0.15, 0.2) is 0 Å². The van der Waals surface area contributed by atoms with Gasteiger partial charge in [0.1, 0.15) is 10.1 Å². The molecule has 3 nitrogen and oxygen atoms in total. The van der Waals surface area contributed by atoms with Crippen LogP contribution in [-0.2, 0) is 10.1 Å². The summed E-state index contributed by atoms with van der Waals surface area (Å²) in [5.41, 5.74) is 0.658. The molecule has 0 heterocycles. The van der Waals surface area contributed by atoms with Gasteiger partial charge in [0.2, 0.25) is 0 Å². The Morgan fingerprint density at radius 3 is 2.29 bits per heavy atom. The van der Waals surface area contributed by atoms with E-state index in [2.05, 4.69) is 6.58 Å². The molecule has 0 amide bonds. The molecule has 0 aromatic heterocycles. The minimum atomic E-state index is -4.46. The minimum absolute atomic E-state index is 0. The fraction of sp³-hybridized carbons (Fsp3) is 0. The number of benzene rings is 1. The van der Waals surface area contributed by atoms with E-state index in [9.17, 15) is 13.0 Å². The smallest absolute Gasteiger partial charge is 0.744 e. The molecule has 0 bridgehead atoms. The Labute approximate surface area is 113 Å². The number of hydrogen-bond donors (Lipinski definition) is 0. The van der Waals surface area contributed by atoms with E-state index in [0.717, 1.165) is 0 Å². The third-order valence-corrected chi connectivity index (χ3v) is 2.63. The van der Waals surface area contributed by atoms with Crippen molar-refractivity contribution in [3.05, 3.63) is 65.6 Å². The average molecular weight is 242 g/mol. The predicted octanol–water partition coefficient (Wildman–Crippen LogP) is -0.681. The second-order valence-corrected chi connectivity index (χ2v) is 4.39. The Bertz CT molecular complexity index is 516. The molecule has 1 rings (SSSR count). The summed E-state index contributed by atoms with van der Waals surface area (Å²) in [7, 11) is -4.46. The van der Waals surface area contributed by atoms with Crippen molar-refractivity contribution in [2.45, 2.75) is 0 Å². The Kier molecular flexibility index (Phi) is 6.86. The first-order valence-electron chi connectivity index (χ1n) is 4.56. The van der Waals surface area contributed by atoms with Gasteiger partial charge in [-0.2, -0.15) is 0 Å². The number of allylic oxidation sites excluding steroid dienone is 3. The largest absolute Gasteiger partial charge is 1.00 e. The van der Waals surface area contributed by atoms with Crippen LogP contribution in [0.15, 0.2) is 60.0 Å². The summed E-state index contributed by atoms with van der Waals surface area (Å²) < 4.78 is 32.8. The van der Waals surface area contributed by atoms with E-state index in [-0.39, 0.29) is 23.8 Å². The summed E-state index contributed by atoms with van der Waals surface area (Å²) in [6, 6.07) is 8.76. The van der Waals surface area contributed by atoms with Gasteiger partial charge in [0.05, 0.1) is 4.91 Å².